The molecule has 1 amide bonds. The molecule has 0 aliphatic carbocycles. The maximum absolute atomic E-state index is 13.3. The Labute approximate surface area is 176 Å². The summed E-state index contributed by atoms with van der Waals surface area (Å²) in [4.78, 5) is 17.2. The third-order valence-electron chi connectivity index (χ3n) is 5.12. The van der Waals surface area contributed by atoms with Gasteiger partial charge in [0.25, 0.3) is 0 Å². The quantitative estimate of drug-likeness (QED) is 0.621. The molecule has 158 valence electrons. The first kappa shape index (κ1) is 20.8. The van der Waals surface area contributed by atoms with E-state index in [1.54, 1.807) is 11.0 Å². The van der Waals surface area contributed by atoms with Crippen molar-refractivity contribution < 1.29 is 22.0 Å². The Bertz CT molecular complexity index is 1240. The van der Waals surface area contributed by atoms with Gasteiger partial charge in [-0.3, -0.25) is 4.79 Å². The van der Waals surface area contributed by atoms with Crippen molar-refractivity contribution in [3.05, 3.63) is 64.3 Å². The minimum Gasteiger partial charge on any atom is -0.358 e. The molecule has 0 atom stereocenters. The minimum absolute atomic E-state index is 0.0542. The highest BCUT2D eigenvalue weighted by Crippen LogP contribution is 2.30. The first-order chi connectivity index (χ1) is 14.2. The summed E-state index contributed by atoms with van der Waals surface area (Å²) in [7, 11) is -4.05. The topological polar surface area (TPSA) is 82.3 Å². The van der Waals surface area contributed by atoms with Gasteiger partial charge in [-0.05, 0) is 36.4 Å². The highest BCUT2D eigenvalue weighted by Gasteiger charge is 2.24. The molecule has 10 heteroatoms. The number of benzene rings is 2. The summed E-state index contributed by atoms with van der Waals surface area (Å²) >= 11 is 6.09. The zero-order valence-corrected chi connectivity index (χ0v) is 17.3. The minimum atomic E-state index is -4.05. The van der Waals surface area contributed by atoms with E-state index in [0.29, 0.717) is 30.6 Å². The Kier molecular flexibility index (Phi) is 5.52. The van der Waals surface area contributed by atoms with E-state index < -0.39 is 26.6 Å². The fraction of sp³-hybridized carbons (Fsp3) is 0.250. The number of sulfonamides is 1. The van der Waals surface area contributed by atoms with Gasteiger partial charge in [0.1, 0.15) is 0 Å². The molecule has 0 bridgehead atoms. The summed E-state index contributed by atoms with van der Waals surface area (Å²) in [6.45, 7) is 0.774. The van der Waals surface area contributed by atoms with Gasteiger partial charge in [-0.25, -0.2) is 21.9 Å². The third kappa shape index (κ3) is 4.05. The van der Waals surface area contributed by atoms with Crippen LogP contribution in [0.25, 0.3) is 10.9 Å². The molecule has 1 aliphatic heterocycles. The van der Waals surface area contributed by atoms with Crippen molar-refractivity contribution in [1.82, 2.24) is 14.6 Å². The highest BCUT2D eigenvalue weighted by molar-refractivity contribution is 7.89. The Hall–Kier alpha value is -2.49. The van der Waals surface area contributed by atoms with Gasteiger partial charge in [-0.2, -0.15) is 0 Å². The second-order valence-electron chi connectivity index (χ2n) is 7.06. The molecule has 4 rings (SSSR count). The zero-order chi connectivity index (χ0) is 21.5. The van der Waals surface area contributed by atoms with Crippen LogP contribution >= 0.6 is 11.6 Å². The van der Waals surface area contributed by atoms with Gasteiger partial charge >= 0.3 is 0 Å². The van der Waals surface area contributed by atoms with Crippen LogP contribution in [0.2, 0.25) is 5.02 Å². The van der Waals surface area contributed by atoms with Crippen LogP contribution in [0.4, 0.5) is 8.78 Å². The molecular formula is C20H18ClF2N3O3S. The van der Waals surface area contributed by atoms with E-state index in [1.807, 2.05) is 12.1 Å². The van der Waals surface area contributed by atoms with Gasteiger partial charge in [-0.1, -0.05) is 11.6 Å². The molecule has 30 heavy (non-hydrogen) atoms. The number of fused-ring (bicyclic) bond motifs is 3. The van der Waals surface area contributed by atoms with Crippen LogP contribution in [-0.4, -0.2) is 37.3 Å². The summed E-state index contributed by atoms with van der Waals surface area (Å²) in [5.74, 6) is -2.59. The third-order valence-corrected chi connectivity index (χ3v) is 6.82. The lowest BCUT2D eigenvalue weighted by atomic mass is 10.0. The number of carbonyl (C=O) groups excluding carboxylic acids is 1. The van der Waals surface area contributed by atoms with Gasteiger partial charge in [0.05, 0.1) is 4.90 Å². The lowest BCUT2D eigenvalue weighted by Gasteiger charge is -2.27. The maximum Gasteiger partial charge on any atom is 0.240 e. The van der Waals surface area contributed by atoms with Crippen molar-refractivity contribution in [3.63, 3.8) is 0 Å². The Morgan fingerprint density at radius 3 is 2.73 bits per heavy atom. The van der Waals surface area contributed by atoms with Crippen molar-refractivity contribution in [1.29, 1.82) is 0 Å². The van der Waals surface area contributed by atoms with Crippen LogP contribution in [0.5, 0.6) is 0 Å². The lowest BCUT2D eigenvalue weighted by molar-refractivity contribution is -0.131. The average Bonchev–Trinajstić information content (AvgIpc) is 3.06. The van der Waals surface area contributed by atoms with E-state index >= 15 is 0 Å². The highest BCUT2D eigenvalue weighted by atomic mass is 35.5. The summed E-state index contributed by atoms with van der Waals surface area (Å²) in [6, 6.07) is 7.87. The molecule has 0 unspecified atom stereocenters. The number of hydrogen-bond donors (Lipinski definition) is 2. The largest absolute Gasteiger partial charge is 0.358 e. The van der Waals surface area contributed by atoms with Crippen molar-refractivity contribution >= 4 is 38.4 Å². The van der Waals surface area contributed by atoms with Gasteiger partial charge in [0.2, 0.25) is 15.9 Å². The molecule has 2 aromatic carbocycles. The number of rotatable bonds is 5. The van der Waals surface area contributed by atoms with Crippen molar-refractivity contribution in [2.45, 2.75) is 24.3 Å². The monoisotopic (exact) mass is 453 g/mol. The number of H-pyrrole nitrogens is 1. The number of amides is 1. The molecule has 0 fully saturated rings. The van der Waals surface area contributed by atoms with Crippen LogP contribution in [0, 0.1) is 11.6 Å². The van der Waals surface area contributed by atoms with Crippen LogP contribution in [0.3, 0.4) is 0 Å². The first-order valence-corrected chi connectivity index (χ1v) is 11.1. The summed E-state index contributed by atoms with van der Waals surface area (Å²) < 4.78 is 53.0. The predicted molar refractivity (Wildman–Crippen MR) is 109 cm³/mol. The Balaban J connectivity index is 1.40. The van der Waals surface area contributed by atoms with Gasteiger partial charge < -0.3 is 9.88 Å². The van der Waals surface area contributed by atoms with Crippen LogP contribution in [-0.2, 0) is 27.8 Å². The van der Waals surface area contributed by atoms with Gasteiger partial charge in [0, 0.05) is 59.7 Å². The maximum atomic E-state index is 13.3. The molecule has 2 heterocycles. The molecule has 0 radical (unpaired) electrons. The van der Waals surface area contributed by atoms with Gasteiger partial charge in [0.15, 0.2) is 11.6 Å². The molecule has 2 N–H and O–H groups in total. The standard InChI is InChI=1S/C20H18ClF2N3O3S/c21-12-1-4-18-14(9-12)15-11-26(8-6-19(15)25-18)20(27)5-7-24-30(28,29)13-2-3-16(22)17(23)10-13/h1-4,9-10,24-25H,5-8,11H2. The van der Waals surface area contributed by atoms with Crippen molar-refractivity contribution in [3.8, 4) is 0 Å². The molecule has 6 nitrogen and oxygen atoms in total. The SMILES string of the molecule is O=C(CCNS(=O)(=O)c1ccc(F)c(F)c1)N1CCc2[nH]c3ccc(Cl)cc3c2C1. The number of aromatic amines is 1. The summed E-state index contributed by atoms with van der Waals surface area (Å²) in [5.41, 5.74) is 3.03. The number of nitrogens with one attached hydrogen (secondary N) is 2. The van der Waals surface area contributed by atoms with E-state index in [-0.39, 0.29) is 18.9 Å². The van der Waals surface area contributed by atoms with Crippen LogP contribution in [0.1, 0.15) is 17.7 Å². The second kappa shape index (κ2) is 7.98. The molecular weight excluding hydrogens is 436 g/mol. The zero-order valence-electron chi connectivity index (χ0n) is 15.7. The van der Waals surface area contributed by atoms with Crippen LogP contribution in [0.15, 0.2) is 41.3 Å². The number of carbonyl (C=O) groups is 1. The van der Waals surface area contributed by atoms with E-state index in [2.05, 4.69) is 9.71 Å². The summed E-state index contributed by atoms with van der Waals surface area (Å²) in [6.07, 6.45) is 0.606. The molecule has 1 aromatic heterocycles. The van der Waals surface area contributed by atoms with E-state index in [4.69, 9.17) is 11.6 Å². The number of halogens is 3. The fourth-order valence-corrected chi connectivity index (χ4v) is 4.79. The number of nitrogens with zero attached hydrogens (tertiary/aromatic N) is 1. The Morgan fingerprint density at radius 2 is 1.97 bits per heavy atom. The van der Waals surface area contributed by atoms with E-state index in [9.17, 15) is 22.0 Å². The lowest BCUT2D eigenvalue weighted by Crippen LogP contribution is -2.37. The Morgan fingerprint density at radius 1 is 1.17 bits per heavy atom. The molecule has 1 aliphatic rings. The summed E-state index contributed by atoms with van der Waals surface area (Å²) in [5, 5.41) is 1.58. The van der Waals surface area contributed by atoms with Crippen molar-refractivity contribution in [2.75, 3.05) is 13.1 Å². The first-order valence-electron chi connectivity index (χ1n) is 9.26. The molecule has 0 saturated carbocycles. The molecule has 3 aromatic rings. The van der Waals surface area contributed by atoms with E-state index in [1.165, 1.54) is 0 Å². The van der Waals surface area contributed by atoms with Gasteiger partial charge in [-0.15, -0.1) is 0 Å². The smallest absolute Gasteiger partial charge is 0.240 e. The molecule has 0 spiro atoms. The number of aromatic nitrogens is 1. The predicted octanol–water partition coefficient (Wildman–Crippen LogP) is 3.35. The number of hydrogen-bond acceptors (Lipinski definition) is 3. The normalized spacial score (nSPS) is 14.2. The fourth-order valence-electron chi connectivity index (χ4n) is 3.58. The van der Waals surface area contributed by atoms with E-state index in [0.717, 1.165) is 34.3 Å². The average molecular weight is 454 g/mol. The van der Waals surface area contributed by atoms with Crippen LogP contribution < -0.4 is 4.72 Å². The second-order valence-corrected chi connectivity index (χ2v) is 9.26. The molecule has 0 saturated heterocycles. The van der Waals surface area contributed by atoms with Crippen molar-refractivity contribution in [2.24, 2.45) is 0 Å².